The number of benzene rings is 3. The fourth-order valence-corrected chi connectivity index (χ4v) is 9.65. The number of aliphatic hydroxyl groups excluding tert-OH is 1. The molecule has 3 aliphatic heterocycles. The van der Waals surface area contributed by atoms with E-state index in [1.165, 1.54) is 10.5 Å². The Hall–Kier alpha value is -3.64. The largest absolute Gasteiger partial charge is 0.416 e. The number of amides is 3. The molecule has 338 valence electrons. The van der Waals surface area contributed by atoms with Crippen molar-refractivity contribution in [2.45, 2.75) is 74.0 Å². The first-order chi connectivity index (χ1) is 28.9. The molecule has 0 bridgehead atoms. The molecular weight excluding hydrogens is 889 g/mol. The van der Waals surface area contributed by atoms with Gasteiger partial charge in [0.25, 0.3) is 5.91 Å². The molecule has 3 heterocycles. The molecule has 2 N–H and O–H groups in total. The summed E-state index contributed by atoms with van der Waals surface area (Å²) < 4.78 is 95.3. The SMILES string of the molecule is Cl.O=C(CO)NC1CCN(C(=O)CO[C@H]2Cc3ccccc3C23CCN(CC[C@@]2(c4ccc(Cl)c(Cl)c4)CN(C(=O)c4cc(C(F)(F)F)cc(C(F)(F)F)c4)CCO2)CC3)CC1. The van der Waals surface area contributed by atoms with Crippen LogP contribution in [0.5, 0.6) is 0 Å². The van der Waals surface area contributed by atoms with Crippen LogP contribution in [0.4, 0.5) is 26.3 Å². The number of nitrogens with zero attached hydrogens (tertiary/aromatic N) is 3. The van der Waals surface area contributed by atoms with Gasteiger partial charge in [0.05, 0.1) is 40.4 Å². The summed E-state index contributed by atoms with van der Waals surface area (Å²) in [4.78, 5) is 44.0. The topological polar surface area (TPSA) is 112 Å². The number of aliphatic hydroxyl groups is 1. The highest BCUT2D eigenvalue weighted by atomic mass is 35.5. The van der Waals surface area contributed by atoms with Crippen molar-refractivity contribution < 1.29 is 55.3 Å². The summed E-state index contributed by atoms with van der Waals surface area (Å²) >= 11 is 12.7. The van der Waals surface area contributed by atoms with Crippen LogP contribution in [0.15, 0.2) is 60.7 Å². The van der Waals surface area contributed by atoms with Gasteiger partial charge in [-0.3, -0.25) is 14.4 Å². The summed E-state index contributed by atoms with van der Waals surface area (Å²) in [6, 6.07) is 13.8. The van der Waals surface area contributed by atoms with E-state index in [4.69, 9.17) is 37.8 Å². The molecule has 3 saturated heterocycles. The number of carbonyl (C=O) groups excluding carboxylic acids is 3. The third-order valence-corrected chi connectivity index (χ3v) is 13.4. The number of piperidine rings is 2. The highest BCUT2D eigenvalue weighted by molar-refractivity contribution is 6.42. The maximum atomic E-state index is 13.8. The van der Waals surface area contributed by atoms with Crippen LogP contribution in [-0.2, 0) is 48.9 Å². The van der Waals surface area contributed by atoms with Gasteiger partial charge in [0.1, 0.15) is 18.8 Å². The molecule has 0 saturated carbocycles. The maximum Gasteiger partial charge on any atom is 0.416 e. The Bertz CT molecular complexity index is 2080. The number of fused-ring (bicyclic) bond motifs is 2. The Kier molecular flexibility index (Phi) is 14.8. The monoisotopic (exact) mass is 934 g/mol. The second kappa shape index (κ2) is 19.2. The first-order valence-corrected chi connectivity index (χ1v) is 20.9. The van der Waals surface area contributed by atoms with Gasteiger partial charge in [-0.25, -0.2) is 0 Å². The minimum absolute atomic E-state index is 0. The molecule has 0 unspecified atom stereocenters. The maximum absolute atomic E-state index is 13.8. The van der Waals surface area contributed by atoms with Crippen molar-refractivity contribution in [2.75, 3.05) is 65.6 Å². The summed E-state index contributed by atoms with van der Waals surface area (Å²) in [5.41, 5.74) is -2.59. The number of carbonyl (C=O) groups is 3. The molecular formula is C43H47Cl3F6N4O6. The molecule has 10 nitrogen and oxygen atoms in total. The van der Waals surface area contributed by atoms with E-state index < -0.39 is 53.1 Å². The lowest BCUT2D eigenvalue weighted by Crippen LogP contribution is -2.54. The zero-order valence-electron chi connectivity index (χ0n) is 33.5. The average molecular weight is 936 g/mol. The molecule has 7 rings (SSSR count). The molecule has 4 aliphatic rings. The van der Waals surface area contributed by atoms with Crippen LogP contribution < -0.4 is 5.32 Å². The predicted octanol–water partition coefficient (Wildman–Crippen LogP) is 7.29. The first-order valence-electron chi connectivity index (χ1n) is 20.2. The Morgan fingerprint density at radius 2 is 1.52 bits per heavy atom. The Morgan fingerprint density at radius 3 is 2.15 bits per heavy atom. The lowest BCUT2D eigenvalue weighted by molar-refractivity contribution is -0.143. The predicted molar refractivity (Wildman–Crippen MR) is 220 cm³/mol. The van der Waals surface area contributed by atoms with Crippen molar-refractivity contribution >= 4 is 53.3 Å². The number of morpholine rings is 1. The summed E-state index contributed by atoms with van der Waals surface area (Å²) in [5, 5.41) is 12.3. The van der Waals surface area contributed by atoms with Gasteiger partial charge in [0, 0.05) is 43.2 Å². The van der Waals surface area contributed by atoms with Gasteiger partial charge in [0.15, 0.2) is 0 Å². The van der Waals surface area contributed by atoms with Crippen molar-refractivity contribution in [2.24, 2.45) is 0 Å². The fourth-order valence-electron chi connectivity index (χ4n) is 9.35. The molecule has 2 atom stereocenters. The van der Waals surface area contributed by atoms with Gasteiger partial charge in [-0.2, -0.15) is 26.3 Å². The number of nitrogens with one attached hydrogen (secondary N) is 1. The number of alkyl halides is 6. The van der Waals surface area contributed by atoms with E-state index in [0.717, 1.165) is 5.56 Å². The van der Waals surface area contributed by atoms with Crippen LogP contribution >= 0.6 is 35.6 Å². The molecule has 1 aliphatic carbocycles. The van der Waals surface area contributed by atoms with Gasteiger partial charge in [-0.05, 0) is 98.6 Å². The molecule has 19 heteroatoms. The lowest BCUT2D eigenvalue weighted by Gasteiger charge is -2.46. The van der Waals surface area contributed by atoms with Gasteiger partial charge in [-0.1, -0.05) is 53.5 Å². The van der Waals surface area contributed by atoms with Gasteiger partial charge in [0.2, 0.25) is 11.8 Å². The smallest absolute Gasteiger partial charge is 0.387 e. The summed E-state index contributed by atoms with van der Waals surface area (Å²) in [6.07, 6.45) is -6.98. The molecule has 1 spiro atoms. The van der Waals surface area contributed by atoms with E-state index in [1.54, 1.807) is 23.1 Å². The summed E-state index contributed by atoms with van der Waals surface area (Å²) in [5.74, 6) is -1.57. The minimum Gasteiger partial charge on any atom is -0.387 e. The van der Waals surface area contributed by atoms with E-state index in [2.05, 4.69) is 22.3 Å². The van der Waals surface area contributed by atoms with Crippen molar-refractivity contribution in [3.8, 4) is 0 Å². The quantitative estimate of drug-likeness (QED) is 0.206. The van der Waals surface area contributed by atoms with Crippen LogP contribution in [0.2, 0.25) is 10.0 Å². The van der Waals surface area contributed by atoms with Gasteiger partial charge >= 0.3 is 12.4 Å². The zero-order valence-corrected chi connectivity index (χ0v) is 35.8. The molecule has 3 amide bonds. The van der Waals surface area contributed by atoms with Crippen molar-refractivity contribution in [1.82, 2.24) is 20.0 Å². The fraction of sp³-hybridized carbons (Fsp3) is 0.512. The Balaban J connectivity index is 0.00000641. The molecule has 0 aromatic heterocycles. The number of rotatable bonds is 10. The van der Waals surface area contributed by atoms with E-state index in [-0.39, 0.29) is 78.3 Å². The van der Waals surface area contributed by atoms with Crippen LogP contribution in [-0.4, -0.2) is 115 Å². The highest BCUT2D eigenvalue weighted by Crippen LogP contribution is 2.48. The molecule has 3 aromatic carbocycles. The standard InChI is InChI=1S/C43H46Cl2F6N4O6.ClH/c44-34-6-5-29(23-35(34)45)41(26-55(17-18-61-41)39(59)28-19-30(42(46,47)48)22-31(20-28)43(49,50)51)11-16-53-14-9-40(10-15-53)33-4-2-1-3-27(33)21-36(40)60-25-38(58)54-12-7-32(8-13-54)52-37(57)24-56;/h1-6,19-20,22-23,32,36,56H,7-18,21,24-26H2,(H,52,57);1H/t36-,41-;/m0./s1. The van der Waals surface area contributed by atoms with Crippen LogP contribution in [0.3, 0.4) is 0 Å². The average Bonchev–Trinajstić information content (AvgIpc) is 3.54. The van der Waals surface area contributed by atoms with E-state index in [9.17, 15) is 40.7 Å². The van der Waals surface area contributed by atoms with Gasteiger partial charge in [-0.15, -0.1) is 12.4 Å². The highest BCUT2D eigenvalue weighted by Gasteiger charge is 2.50. The lowest BCUT2D eigenvalue weighted by atomic mass is 9.72. The van der Waals surface area contributed by atoms with Crippen molar-refractivity contribution in [3.05, 3.63) is 104 Å². The molecule has 0 radical (unpaired) electrons. The number of hydrogen-bond donors (Lipinski definition) is 2. The normalized spacial score (nSPS) is 22.0. The summed E-state index contributed by atoms with van der Waals surface area (Å²) in [6.45, 7) is 1.70. The Labute approximate surface area is 371 Å². The second-order valence-electron chi connectivity index (χ2n) is 16.3. The zero-order chi connectivity index (χ0) is 43.7. The minimum atomic E-state index is -5.12. The third-order valence-electron chi connectivity index (χ3n) is 12.7. The van der Waals surface area contributed by atoms with Crippen molar-refractivity contribution in [1.29, 1.82) is 0 Å². The Morgan fingerprint density at radius 1 is 0.855 bits per heavy atom. The number of ether oxygens (including phenoxy) is 2. The summed E-state index contributed by atoms with van der Waals surface area (Å²) in [7, 11) is 0. The van der Waals surface area contributed by atoms with Crippen LogP contribution in [0.1, 0.15) is 70.3 Å². The molecule has 62 heavy (non-hydrogen) atoms. The number of likely N-dealkylation sites (tertiary alicyclic amines) is 2. The number of halogens is 9. The van der Waals surface area contributed by atoms with E-state index in [1.807, 2.05) is 12.1 Å². The van der Waals surface area contributed by atoms with E-state index >= 15 is 0 Å². The second-order valence-corrected chi connectivity index (χ2v) is 17.1. The molecule has 3 aromatic rings. The molecule has 3 fully saturated rings. The van der Waals surface area contributed by atoms with Crippen LogP contribution in [0.25, 0.3) is 0 Å². The van der Waals surface area contributed by atoms with Crippen LogP contribution in [0, 0.1) is 0 Å². The van der Waals surface area contributed by atoms with Gasteiger partial charge < -0.3 is 34.6 Å². The van der Waals surface area contributed by atoms with E-state index in [0.29, 0.717) is 88.9 Å². The van der Waals surface area contributed by atoms with Crippen molar-refractivity contribution in [3.63, 3.8) is 0 Å². The third kappa shape index (κ3) is 10.3. The number of hydrogen-bond acceptors (Lipinski definition) is 7. The first kappa shape index (κ1) is 47.8.